The number of benzene rings is 2. The number of hydrogen-bond acceptors (Lipinski definition) is 1. The summed E-state index contributed by atoms with van der Waals surface area (Å²) in [6, 6.07) is 12.7. The van der Waals surface area contributed by atoms with Gasteiger partial charge < -0.3 is 11.1 Å². The number of nitrogens with two attached hydrogens (primary N) is 1. The van der Waals surface area contributed by atoms with Gasteiger partial charge in [0.25, 0.3) is 0 Å². The molecule has 0 saturated carbocycles. The minimum atomic E-state index is -0.616. The van der Waals surface area contributed by atoms with E-state index >= 15 is 0 Å². The van der Waals surface area contributed by atoms with Crippen molar-refractivity contribution in [1.82, 2.24) is 5.32 Å². The summed E-state index contributed by atoms with van der Waals surface area (Å²) in [5, 5.41) is 2.67. The quantitative estimate of drug-likeness (QED) is 0.873. The van der Waals surface area contributed by atoms with Gasteiger partial charge in [-0.15, -0.1) is 0 Å². The number of carbonyl (C=O) groups is 1. The number of halogens is 1. The molecular formula is C15H15FN2O. The van der Waals surface area contributed by atoms with E-state index in [-0.39, 0.29) is 11.9 Å². The normalized spacial score (nSPS) is 11.9. The van der Waals surface area contributed by atoms with Crippen LogP contribution in [-0.2, 0) is 0 Å². The third-order valence-corrected chi connectivity index (χ3v) is 2.90. The minimum Gasteiger partial charge on any atom is -0.352 e. The summed E-state index contributed by atoms with van der Waals surface area (Å²) in [6.45, 7) is 1.98. The highest BCUT2D eigenvalue weighted by atomic mass is 19.1. The zero-order valence-corrected chi connectivity index (χ0v) is 10.6. The average Bonchev–Trinajstić information content (AvgIpc) is 2.38. The second kappa shape index (κ2) is 5.52. The molecule has 0 saturated heterocycles. The van der Waals surface area contributed by atoms with Crippen molar-refractivity contribution in [3.8, 4) is 0 Å². The Morgan fingerprint density at radius 1 is 1.05 bits per heavy atom. The van der Waals surface area contributed by atoms with Gasteiger partial charge in [0.05, 0.1) is 6.04 Å². The summed E-state index contributed by atoms with van der Waals surface area (Å²) >= 11 is 0. The molecule has 3 nitrogen and oxygen atoms in total. The number of aryl methyl sites for hydroxylation is 1. The SMILES string of the molecule is Cc1ccc([C@H](NC(N)=O)c2ccc(F)cc2)cc1. The van der Waals surface area contributed by atoms with E-state index in [2.05, 4.69) is 5.32 Å². The van der Waals surface area contributed by atoms with Gasteiger partial charge in [-0.3, -0.25) is 0 Å². The second-order valence-electron chi connectivity index (χ2n) is 4.40. The minimum absolute atomic E-state index is 0.314. The number of amides is 2. The second-order valence-corrected chi connectivity index (χ2v) is 4.40. The van der Waals surface area contributed by atoms with Gasteiger partial charge in [-0.2, -0.15) is 0 Å². The molecule has 0 aromatic heterocycles. The van der Waals surface area contributed by atoms with Gasteiger partial charge in [0.15, 0.2) is 0 Å². The summed E-state index contributed by atoms with van der Waals surface area (Å²) in [6.07, 6.45) is 0. The van der Waals surface area contributed by atoms with Crippen LogP contribution in [0.5, 0.6) is 0 Å². The van der Waals surface area contributed by atoms with E-state index in [9.17, 15) is 9.18 Å². The predicted octanol–water partition coefficient (Wildman–Crippen LogP) is 2.89. The van der Waals surface area contributed by atoms with E-state index in [0.29, 0.717) is 0 Å². The fraction of sp³-hybridized carbons (Fsp3) is 0.133. The van der Waals surface area contributed by atoms with E-state index < -0.39 is 6.03 Å². The molecule has 2 rings (SSSR count). The largest absolute Gasteiger partial charge is 0.352 e. The van der Waals surface area contributed by atoms with Gasteiger partial charge in [-0.05, 0) is 30.2 Å². The predicted molar refractivity (Wildman–Crippen MR) is 72.1 cm³/mol. The monoisotopic (exact) mass is 258 g/mol. The van der Waals surface area contributed by atoms with E-state index in [1.807, 2.05) is 31.2 Å². The van der Waals surface area contributed by atoms with Crippen molar-refractivity contribution in [2.24, 2.45) is 5.73 Å². The smallest absolute Gasteiger partial charge is 0.312 e. The first-order valence-corrected chi connectivity index (χ1v) is 5.94. The molecule has 3 N–H and O–H groups in total. The van der Waals surface area contributed by atoms with Gasteiger partial charge in [-0.1, -0.05) is 42.0 Å². The van der Waals surface area contributed by atoms with Crippen molar-refractivity contribution in [3.63, 3.8) is 0 Å². The molecule has 0 aliphatic carbocycles. The molecule has 0 aliphatic rings. The maximum atomic E-state index is 13.0. The highest BCUT2D eigenvalue weighted by Gasteiger charge is 2.15. The molecule has 2 aromatic carbocycles. The molecular weight excluding hydrogens is 243 g/mol. The van der Waals surface area contributed by atoms with Crippen molar-refractivity contribution in [2.45, 2.75) is 13.0 Å². The van der Waals surface area contributed by atoms with Crippen LogP contribution >= 0.6 is 0 Å². The lowest BCUT2D eigenvalue weighted by atomic mass is 9.98. The van der Waals surface area contributed by atoms with E-state index in [1.54, 1.807) is 12.1 Å². The van der Waals surface area contributed by atoms with E-state index in [4.69, 9.17) is 5.73 Å². The number of rotatable bonds is 3. The Balaban J connectivity index is 2.37. The lowest BCUT2D eigenvalue weighted by Crippen LogP contribution is -2.33. The molecule has 19 heavy (non-hydrogen) atoms. The van der Waals surface area contributed by atoms with Gasteiger partial charge in [0.2, 0.25) is 0 Å². The third-order valence-electron chi connectivity index (χ3n) is 2.90. The number of carbonyl (C=O) groups excluding carboxylic acids is 1. The Morgan fingerprint density at radius 3 is 2.00 bits per heavy atom. The highest BCUT2D eigenvalue weighted by Crippen LogP contribution is 2.22. The third kappa shape index (κ3) is 3.31. The number of primary amides is 1. The number of urea groups is 1. The van der Waals surface area contributed by atoms with Gasteiger partial charge in [0, 0.05) is 0 Å². The summed E-state index contributed by atoms with van der Waals surface area (Å²) in [7, 11) is 0. The lowest BCUT2D eigenvalue weighted by Gasteiger charge is -2.18. The van der Waals surface area contributed by atoms with Crippen LogP contribution in [-0.4, -0.2) is 6.03 Å². The van der Waals surface area contributed by atoms with Crippen molar-refractivity contribution < 1.29 is 9.18 Å². The van der Waals surface area contributed by atoms with Gasteiger partial charge >= 0.3 is 6.03 Å². The lowest BCUT2D eigenvalue weighted by molar-refractivity contribution is 0.247. The molecule has 0 radical (unpaired) electrons. The molecule has 2 amide bonds. The van der Waals surface area contributed by atoms with E-state index in [0.717, 1.165) is 16.7 Å². The fourth-order valence-electron chi connectivity index (χ4n) is 1.92. The summed E-state index contributed by atoms with van der Waals surface area (Å²) in [5.74, 6) is -0.314. The Morgan fingerprint density at radius 2 is 1.53 bits per heavy atom. The fourth-order valence-corrected chi connectivity index (χ4v) is 1.92. The average molecular weight is 258 g/mol. The Hall–Kier alpha value is -2.36. The van der Waals surface area contributed by atoms with Crippen LogP contribution in [0.25, 0.3) is 0 Å². The molecule has 0 heterocycles. The Labute approximate surface area is 111 Å². The molecule has 1 atom stereocenters. The number of hydrogen-bond donors (Lipinski definition) is 2. The Kier molecular flexibility index (Phi) is 3.80. The van der Waals surface area contributed by atoms with Crippen molar-refractivity contribution in [2.75, 3.05) is 0 Å². The first kappa shape index (κ1) is 13.1. The zero-order chi connectivity index (χ0) is 13.8. The Bertz CT molecular complexity index is 518. The number of nitrogens with one attached hydrogen (secondary N) is 1. The topological polar surface area (TPSA) is 55.1 Å². The van der Waals surface area contributed by atoms with Crippen LogP contribution in [0.3, 0.4) is 0 Å². The van der Waals surface area contributed by atoms with Crippen molar-refractivity contribution in [3.05, 3.63) is 71.0 Å². The van der Waals surface area contributed by atoms with Gasteiger partial charge in [-0.25, -0.2) is 9.18 Å². The highest BCUT2D eigenvalue weighted by molar-refractivity contribution is 5.72. The summed E-state index contributed by atoms with van der Waals surface area (Å²) < 4.78 is 13.0. The van der Waals surface area contributed by atoms with E-state index in [1.165, 1.54) is 12.1 Å². The molecule has 0 spiro atoms. The molecule has 0 bridgehead atoms. The maximum Gasteiger partial charge on any atom is 0.312 e. The summed E-state index contributed by atoms with van der Waals surface area (Å²) in [4.78, 5) is 11.1. The molecule has 0 fully saturated rings. The first-order chi connectivity index (χ1) is 9.06. The van der Waals surface area contributed by atoms with Crippen LogP contribution in [0, 0.1) is 12.7 Å². The van der Waals surface area contributed by atoms with Crippen molar-refractivity contribution in [1.29, 1.82) is 0 Å². The molecule has 4 heteroatoms. The molecule has 2 aromatic rings. The van der Waals surface area contributed by atoms with Crippen LogP contribution in [0.1, 0.15) is 22.7 Å². The molecule has 98 valence electrons. The maximum absolute atomic E-state index is 13.0. The summed E-state index contributed by atoms with van der Waals surface area (Å²) in [5.41, 5.74) is 8.01. The standard InChI is InChI=1S/C15H15FN2O/c1-10-2-4-11(5-3-10)14(18-15(17)19)12-6-8-13(16)9-7-12/h2-9,14H,1H3,(H3,17,18,19)/t14-/m0/s1. The van der Waals surface area contributed by atoms with Gasteiger partial charge in [0.1, 0.15) is 5.82 Å². The first-order valence-electron chi connectivity index (χ1n) is 5.94. The molecule has 0 aliphatic heterocycles. The van der Waals surface area contributed by atoms with Crippen LogP contribution < -0.4 is 11.1 Å². The zero-order valence-electron chi connectivity index (χ0n) is 10.6. The van der Waals surface area contributed by atoms with Crippen LogP contribution in [0.15, 0.2) is 48.5 Å². The van der Waals surface area contributed by atoms with Crippen LogP contribution in [0.2, 0.25) is 0 Å². The van der Waals surface area contributed by atoms with Crippen molar-refractivity contribution >= 4 is 6.03 Å². The van der Waals surface area contributed by atoms with Crippen LogP contribution in [0.4, 0.5) is 9.18 Å². The molecule has 0 unspecified atom stereocenters.